The van der Waals surface area contributed by atoms with Crippen LogP contribution in [-0.4, -0.2) is 26.7 Å². The number of nitriles is 1. The lowest BCUT2D eigenvalue weighted by atomic mass is 10.0. The second-order valence-electron chi connectivity index (χ2n) is 4.73. The summed E-state index contributed by atoms with van der Waals surface area (Å²) >= 11 is 0. The lowest BCUT2D eigenvalue weighted by molar-refractivity contribution is 0.533. The minimum atomic E-state index is 0.733. The van der Waals surface area contributed by atoms with Gasteiger partial charge in [0.1, 0.15) is 0 Å². The molecule has 3 nitrogen and oxygen atoms in total. The summed E-state index contributed by atoms with van der Waals surface area (Å²) in [6.07, 6.45) is 2.52. The zero-order valence-corrected chi connectivity index (χ0v) is 10.3. The van der Waals surface area contributed by atoms with Crippen molar-refractivity contribution in [1.82, 2.24) is 5.32 Å². The molecule has 17 heavy (non-hydrogen) atoms. The molecule has 0 spiro atoms. The average molecular weight is 229 g/mol. The molecule has 0 bridgehead atoms. The molecule has 0 aromatic heterocycles. The Morgan fingerprint density at radius 2 is 2.41 bits per heavy atom. The molecule has 1 unspecified atom stereocenters. The predicted octanol–water partition coefficient (Wildman–Crippen LogP) is 1.99. The summed E-state index contributed by atoms with van der Waals surface area (Å²) in [5.41, 5.74) is 1.87. The first kappa shape index (κ1) is 11.9. The van der Waals surface area contributed by atoms with Gasteiger partial charge in [0, 0.05) is 19.3 Å². The van der Waals surface area contributed by atoms with E-state index in [1.54, 1.807) is 0 Å². The van der Waals surface area contributed by atoms with Crippen LogP contribution in [0.4, 0.5) is 5.69 Å². The van der Waals surface area contributed by atoms with Gasteiger partial charge in [0.25, 0.3) is 0 Å². The Bertz CT molecular complexity index is 402. The summed E-state index contributed by atoms with van der Waals surface area (Å²) in [6, 6.07) is 9.99. The Balaban J connectivity index is 1.89. The van der Waals surface area contributed by atoms with Gasteiger partial charge in [0.2, 0.25) is 0 Å². The number of nitrogens with one attached hydrogen (secondary N) is 1. The highest BCUT2D eigenvalue weighted by Crippen LogP contribution is 2.17. The van der Waals surface area contributed by atoms with Gasteiger partial charge in [-0.3, -0.25) is 0 Å². The number of nitrogens with zero attached hydrogens (tertiary/aromatic N) is 2. The van der Waals surface area contributed by atoms with Crippen LogP contribution >= 0.6 is 0 Å². The fourth-order valence-electron chi connectivity index (χ4n) is 2.28. The van der Waals surface area contributed by atoms with Crippen LogP contribution in [0.1, 0.15) is 18.4 Å². The molecule has 0 saturated carbocycles. The predicted molar refractivity (Wildman–Crippen MR) is 70.0 cm³/mol. The summed E-state index contributed by atoms with van der Waals surface area (Å²) in [5.74, 6) is 0.816. The maximum atomic E-state index is 8.87. The Kier molecular flexibility index (Phi) is 4.00. The van der Waals surface area contributed by atoms with Gasteiger partial charge >= 0.3 is 0 Å². The first-order valence-electron chi connectivity index (χ1n) is 6.21. The van der Waals surface area contributed by atoms with E-state index in [1.165, 1.54) is 12.8 Å². The number of anilines is 1. The van der Waals surface area contributed by atoms with Crippen molar-refractivity contribution in [3.05, 3.63) is 29.8 Å². The second kappa shape index (κ2) is 5.70. The van der Waals surface area contributed by atoms with Crippen LogP contribution in [0.3, 0.4) is 0 Å². The van der Waals surface area contributed by atoms with Crippen LogP contribution < -0.4 is 10.2 Å². The van der Waals surface area contributed by atoms with E-state index in [0.29, 0.717) is 0 Å². The zero-order chi connectivity index (χ0) is 12.1. The van der Waals surface area contributed by atoms with Crippen molar-refractivity contribution in [3.8, 4) is 6.07 Å². The number of rotatable bonds is 4. The molecule has 3 heteroatoms. The number of hydrogen-bond acceptors (Lipinski definition) is 3. The van der Waals surface area contributed by atoms with Gasteiger partial charge < -0.3 is 10.2 Å². The van der Waals surface area contributed by atoms with E-state index in [-0.39, 0.29) is 0 Å². The van der Waals surface area contributed by atoms with Crippen molar-refractivity contribution < 1.29 is 0 Å². The average Bonchev–Trinajstić information content (AvgIpc) is 2.89. The molecule has 1 aromatic carbocycles. The van der Waals surface area contributed by atoms with E-state index in [2.05, 4.69) is 29.4 Å². The quantitative estimate of drug-likeness (QED) is 0.858. The van der Waals surface area contributed by atoms with Crippen LogP contribution in [-0.2, 0) is 0 Å². The third kappa shape index (κ3) is 3.21. The molecule has 1 fully saturated rings. The largest absolute Gasteiger partial charge is 0.375 e. The second-order valence-corrected chi connectivity index (χ2v) is 4.73. The van der Waals surface area contributed by atoms with Crippen molar-refractivity contribution in [1.29, 1.82) is 5.26 Å². The normalized spacial score (nSPS) is 18.9. The molecule has 0 radical (unpaired) electrons. The summed E-state index contributed by atoms with van der Waals surface area (Å²) < 4.78 is 0. The van der Waals surface area contributed by atoms with Gasteiger partial charge in [-0.05, 0) is 50.0 Å². The first-order valence-corrected chi connectivity index (χ1v) is 6.21. The molecular formula is C14H19N3. The summed E-state index contributed by atoms with van der Waals surface area (Å²) in [7, 11) is 2.10. The molecule has 1 aliphatic heterocycles. The highest BCUT2D eigenvalue weighted by Gasteiger charge is 2.14. The highest BCUT2D eigenvalue weighted by molar-refractivity contribution is 5.50. The van der Waals surface area contributed by atoms with Crippen LogP contribution in [0.5, 0.6) is 0 Å². The van der Waals surface area contributed by atoms with Crippen molar-refractivity contribution in [3.63, 3.8) is 0 Å². The molecule has 0 aliphatic carbocycles. The Labute approximate surface area is 103 Å². The Morgan fingerprint density at radius 3 is 3.12 bits per heavy atom. The van der Waals surface area contributed by atoms with E-state index in [0.717, 1.165) is 36.8 Å². The van der Waals surface area contributed by atoms with Gasteiger partial charge in [-0.15, -0.1) is 0 Å². The molecule has 1 aromatic rings. The molecule has 1 atom stereocenters. The Hall–Kier alpha value is -1.53. The summed E-state index contributed by atoms with van der Waals surface area (Å²) in [6.45, 7) is 3.38. The van der Waals surface area contributed by atoms with Crippen molar-refractivity contribution in [2.24, 2.45) is 5.92 Å². The molecule has 1 N–H and O–H groups in total. The van der Waals surface area contributed by atoms with Crippen LogP contribution in [0.25, 0.3) is 0 Å². The maximum Gasteiger partial charge on any atom is 0.0992 e. The molecule has 0 amide bonds. The zero-order valence-electron chi connectivity index (χ0n) is 10.3. The molecule has 90 valence electrons. The summed E-state index contributed by atoms with van der Waals surface area (Å²) in [4.78, 5) is 2.24. The highest BCUT2D eigenvalue weighted by atomic mass is 15.1. The SMILES string of the molecule is CN(CCC1CCNC1)c1cccc(C#N)c1. The van der Waals surface area contributed by atoms with Gasteiger partial charge in [0.05, 0.1) is 11.6 Å². The lowest BCUT2D eigenvalue weighted by Gasteiger charge is -2.21. The fourth-order valence-corrected chi connectivity index (χ4v) is 2.28. The number of benzene rings is 1. The molecular weight excluding hydrogens is 210 g/mol. The van der Waals surface area contributed by atoms with Crippen molar-refractivity contribution in [2.45, 2.75) is 12.8 Å². The van der Waals surface area contributed by atoms with E-state index in [4.69, 9.17) is 5.26 Å². The third-order valence-corrected chi connectivity index (χ3v) is 3.45. The van der Waals surface area contributed by atoms with Crippen LogP contribution in [0.2, 0.25) is 0 Å². The minimum Gasteiger partial charge on any atom is -0.375 e. The molecule has 1 aliphatic rings. The third-order valence-electron chi connectivity index (χ3n) is 3.45. The van der Waals surface area contributed by atoms with Gasteiger partial charge in [0.15, 0.2) is 0 Å². The molecule has 1 heterocycles. The van der Waals surface area contributed by atoms with Crippen molar-refractivity contribution >= 4 is 5.69 Å². The maximum absolute atomic E-state index is 8.87. The van der Waals surface area contributed by atoms with Crippen LogP contribution in [0.15, 0.2) is 24.3 Å². The lowest BCUT2D eigenvalue weighted by Crippen LogP contribution is -2.21. The fraction of sp³-hybridized carbons (Fsp3) is 0.500. The minimum absolute atomic E-state index is 0.733. The molecule has 2 rings (SSSR count). The van der Waals surface area contributed by atoms with Crippen molar-refractivity contribution in [2.75, 3.05) is 31.6 Å². The van der Waals surface area contributed by atoms with Gasteiger partial charge in [-0.2, -0.15) is 5.26 Å². The topological polar surface area (TPSA) is 39.1 Å². The number of hydrogen-bond donors (Lipinski definition) is 1. The Morgan fingerprint density at radius 1 is 1.53 bits per heavy atom. The van der Waals surface area contributed by atoms with Gasteiger partial charge in [-0.1, -0.05) is 6.07 Å². The standard InChI is InChI=1S/C14H19N3/c1-17(8-6-12-5-7-16-11-12)14-4-2-3-13(9-14)10-15/h2-4,9,12,16H,5-8,11H2,1H3. The molecule has 1 saturated heterocycles. The summed E-state index contributed by atoms with van der Waals surface area (Å²) in [5, 5.41) is 12.3. The van der Waals surface area contributed by atoms with E-state index in [1.807, 2.05) is 18.2 Å². The monoisotopic (exact) mass is 229 g/mol. The first-order chi connectivity index (χ1) is 8.29. The van der Waals surface area contributed by atoms with E-state index in [9.17, 15) is 0 Å². The smallest absolute Gasteiger partial charge is 0.0992 e. The van der Waals surface area contributed by atoms with Gasteiger partial charge in [-0.25, -0.2) is 0 Å². The van der Waals surface area contributed by atoms with E-state index >= 15 is 0 Å². The van der Waals surface area contributed by atoms with E-state index < -0.39 is 0 Å². The van der Waals surface area contributed by atoms with Crippen LogP contribution in [0, 0.1) is 17.2 Å².